The van der Waals surface area contributed by atoms with Crippen molar-refractivity contribution in [1.29, 1.82) is 0 Å². The second-order valence-corrected chi connectivity index (χ2v) is 8.72. The number of primary amides is 1. The third kappa shape index (κ3) is 5.22. The Labute approximate surface area is 202 Å². The summed E-state index contributed by atoms with van der Waals surface area (Å²) >= 11 is 6.03. The predicted molar refractivity (Wildman–Crippen MR) is 132 cm³/mol. The predicted octanol–water partition coefficient (Wildman–Crippen LogP) is 4.01. The summed E-state index contributed by atoms with van der Waals surface area (Å²) in [6.07, 6.45) is 1.40. The molecule has 0 bridgehead atoms. The van der Waals surface area contributed by atoms with Crippen LogP contribution in [0.5, 0.6) is 0 Å². The van der Waals surface area contributed by atoms with E-state index in [4.69, 9.17) is 21.8 Å². The summed E-state index contributed by atoms with van der Waals surface area (Å²) in [7, 11) is 1.74. The van der Waals surface area contributed by atoms with Crippen molar-refractivity contribution in [2.24, 2.45) is 12.8 Å². The summed E-state index contributed by atoms with van der Waals surface area (Å²) in [5.74, 6) is -0.391. The van der Waals surface area contributed by atoms with Crippen LogP contribution in [0, 0.1) is 0 Å². The molecule has 0 aliphatic carbocycles. The standard InChI is InChI=1S/C26H26ClN3O4/c1-29-13-11-21(32)23-24(25(28)33)22(34-26(23)29)16-30(15-17-7-9-19(27)10-8-17)14-12-20(31)18-5-3-2-4-6-18/h2-11,13,20,31H,12,14-16H2,1H3,(H2,28,33). The highest BCUT2D eigenvalue weighted by Crippen LogP contribution is 2.26. The van der Waals surface area contributed by atoms with Crippen molar-refractivity contribution in [1.82, 2.24) is 9.47 Å². The van der Waals surface area contributed by atoms with E-state index in [9.17, 15) is 14.7 Å². The fraction of sp³-hybridized carbons (Fsp3) is 0.231. The van der Waals surface area contributed by atoms with E-state index in [0.29, 0.717) is 36.0 Å². The first-order valence-corrected chi connectivity index (χ1v) is 11.3. The molecular formula is C26H26ClN3O4. The van der Waals surface area contributed by atoms with E-state index in [-0.39, 0.29) is 22.9 Å². The van der Waals surface area contributed by atoms with E-state index in [1.54, 1.807) is 17.8 Å². The molecule has 1 atom stereocenters. The summed E-state index contributed by atoms with van der Waals surface area (Å²) in [6, 6.07) is 18.3. The van der Waals surface area contributed by atoms with E-state index in [1.165, 1.54) is 6.07 Å². The SMILES string of the molecule is Cn1ccc(=O)c2c(C(N)=O)c(CN(CCC(O)c3ccccc3)Cc3ccc(Cl)cc3)oc21. The van der Waals surface area contributed by atoms with Gasteiger partial charge in [-0.25, -0.2) is 0 Å². The van der Waals surface area contributed by atoms with Crippen LogP contribution in [-0.2, 0) is 20.1 Å². The summed E-state index contributed by atoms with van der Waals surface area (Å²) < 4.78 is 7.64. The lowest BCUT2D eigenvalue weighted by Gasteiger charge is -2.23. The van der Waals surface area contributed by atoms with Gasteiger partial charge >= 0.3 is 0 Å². The molecule has 4 aromatic rings. The molecule has 0 saturated heterocycles. The van der Waals surface area contributed by atoms with Gasteiger partial charge in [0.15, 0.2) is 5.43 Å². The molecule has 2 heterocycles. The van der Waals surface area contributed by atoms with Gasteiger partial charge in [0.05, 0.1) is 23.6 Å². The summed E-state index contributed by atoms with van der Waals surface area (Å²) in [4.78, 5) is 26.9. The number of carbonyl (C=O) groups excluding carboxylic acids is 1. The fourth-order valence-electron chi connectivity index (χ4n) is 4.06. The fourth-order valence-corrected chi connectivity index (χ4v) is 4.18. The Kier molecular flexibility index (Phi) is 7.17. The minimum absolute atomic E-state index is 0.0981. The number of aliphatic hydroxyl groups excluding tert-OH is 1. The normalized spacial score (nSPS) is 12.4. The number of nitrogens with zero attached hydrogens (tertiary/aromatic N) is 2. The molecule has 4 rings (SSSR count). The zero-order valence-electron chi connectivity index (χ0n) is 18.8. The number of aliphatic hydroxyl groups is 1. The highest BCUT2D eigenvalue weighted by Gasteiger charge is 2.24. The summed E-state index contributed by atoms with van der Waals surface area (Å²) in [5, 5.41) is 11.5. The number of hydrogen-bond donors (Lipinski definition) is 2. The lowest BCUT2D eigenvalue weighted by atomic mass is 10.1. The average molecular weight is 480 g/mol. The van der Waals surface area contributed by atoms with Gasteiger partial charge in [-0.3, -0.25) is 14.5 Å². The first-order chi connectivity index (χ1) is 16.3. The minimum atomic E-state index is -0.715. The second kappa shape index (κ2) is 10.3. The van der Waals surface area contributed by atoms with E-state index in [2.05, 4.69) is 0 Å². The number of hydrogen-bond acceptors (Lipinski definition) is 5. The van der Waals surface area contributed by atoms with Gasteiger partial charge in [0, 0.05) is 37.4 Å². The van der Waals surface area contributed by atoms with Gasteiger partial charge in [0.1, 0.15) is 5.76 Å². The Morgan fingerprint density at radius 2 is 1.82 bits per heavy atom. The monoisotopic (exact) mass is 479 g/mol. The Morgan fingerprint density at radius 3 is 2.50 bits per heavy atom. The number of aryl methyl sites for hydroxylation is 1. The van der Waals surface area contributed by atoms with Crippen LogP contribution in [0.25, 0.3) is 11.1 Å². The van der Waals surface area contributed by atoms with Gasteiger partial charge in [0.25, 0.3) is 5.91 Å². The Hall–Kier alpha value is -3.39. The van der Waals surface area contributed by atoms with E-state index >= 15 is 0 Å². The number of benzene rings is 2. The minimum Gasteiger partial charge on any atom is -0.442 e. The quantitative estimate of drug-likeness (QED) is 0.377. The molecule has 1 unspecified atom stereocenters. The number of fused-ring (bicyclic) bond motifs is 1. The van der Waals surface area contributed by atoms with E-state index in [1.807, 2.05) is 59.5 Å². The molecule has 0 fully saturated rings. The molecule has 2 aromatic carbocycles. The maximum absolute atomic E-state index is 12.5. The van der Waals surface area contributed by atoms with Crippen molar-refractivity contribution in [3.8, 4) is 0 Å². The molecule has 34 heavy (non-hydrogen) atoms. The first-order valence-electron chi connectivity index (χ1n) is 10.9. The number of amides is 1. The van der Waals surface area contributed by atoms with E-state index in [0.717, 1.165) is 11.1 Å². The van der Waals surface area contributed by atoms with Crippen molar-refractivity contribution in [3.63, 3.8) is 0 Å². The third-order valence-corrected chi connectivity index (χ3v) is 6.07. The number of rotatable bonds is 9. The zero-order valence-corrected chi connectivity index (χ0v) is 19.5. The van der Waals surface area contributed by atoms with Crippen molar-refractivity contribution in [2.75, 3.05) is 6.54 Å². The van der Waals surface area contributed by atoms with Crippen LogP contribution >= 0.6 is 11.6 Å². The van der Waals surface area contributed by atoms with Gasteiger partial charge < -0.3 is 19.8 Å². The summed E-state index contributed by atoms with van der Waals surface area (Å²) in [6.45, 7) is 1.26. The molecule has 3 N–H and O–H groups in total. The largest absolute Gasteiger partial charge is 0.442 e. The number of carbonyl (C=O) groups is 1. The maximum Gasteiger partial charge on any atom is 0.253 e. The smallest absolute Gasteiger partial charge is 0.253 e. The number of furan rings is 1. The Morgan fingerprint density at radius 1 is 1.12 bits per heavy atom. The van der Waals surface area contributed by atoms with Gasteiger partial charge in [-0.15, -0.1) is 0 Å². The molecule has 2 aromatic heterocycles. The number of halogens is 1. The first kappa shape index (κ1) is 23.8. The second-order valence-electron chi connectivity index (χ2n) is 8.29. The van der Waals surface area contributed by atoms with Crippen molar-refractivity contribution >= 4 is 28.6 Å². The van der Waals surface area contributed by atoms with Crippen molar-refractivity contribution in [3.05, 3.63) is 105 Å². The lowest BCUT2D eigenvalue weighted by Crippen LogP contribution is -2.26. The maximum atomic E-state index is 12.5. The van der Waals surface area contributed by atoms with Crippen LogP contribution in [0.4, 0.5) is 0 Å². The van der Waals surface area contributed by atoms with Crippen LogP contribution in [0.1, 0.15) is 39.8 Å². The average Bonchev–Trinajstić information content (AvgIpc) is 3.22. The molecule has 1 amide bonds. The van der Waals surface area contributed by atoms with Gasteiger partial charge in [0.2, 0.25) is 5.71 Å². The van der Waals surface area contributed by atoms with Gasteiger partial charge in [-0.1, -0.05) is 54.1 Å². The van der Waals surface area contributed by atoms with Crippen molar-refractivity contribution in [2.45, 2.75) is 25.6 Å². The summed E-state index contributed by atoms with van der Waals surface area (Å²) in [5.41, 5.74) is 7.58. The topological polar surface area (TPSA) is 102 Å². The zero-order chi connectivity index (χ0) is 24.2. The van der Waals surface area contributed by atoms with Gasteiger partial charge in [-0.05, 0) is 29.7 Å². The van der Waals surface area contributed by atoms with Crippen LogP contribution in [0.3, 0.4) is 0 Å². The number of aromatic nitrogens is 1. The molecule has 0 aliphatic heterocycles. The molecule has 8 heteroatoms. The highest BCUT2D eigenvalue weighted by atomic mass is 35.5. The van der Waals surface area contributed by atoms with Crippen LogP contribution in [0.15, 0.2) is 76.1 Å². The molecule has 7 nitrogen and oxygen atoms in total. The van der Waals surface area contributed by atoms with Crippen LogP contribution in [-0.4, -0.2) is 27.0 Å². The molecule has 0 spiro atoms. The lowest BCUT2D eigenvalue weighted by molar-refractivity contribution is 0.0995. The molecule has 0 radical (unpaired) electrons. The third-order valence-electron chi connectivity index (χ3n) is 5.82. The van der Waals surface area contributed by atoms with Crippen LogP contribution in [0.2, 0.25) is 5.02 Å². The van der Waals surface area contributed by atoms with Crippen molar-refractivity contribution < 1.29 is 14.3 Å². The number of nitrogens with two attached hydrogens (primary N) is 1. The Bertz CT molecular complexity index is 1350. The van der Waals surface area contributed by atoms with Gasteiger partial charge in [-0.2, -0.15) is 0 Å². The van der Waals surface area contributed by atoms with Crippen LogP contribution < -0.4 is 11.2 Å². The van der Waals surface area contributed by atoms with E-state index < -0.39 is 12.0 Å². The molecule has 0 saturated carbocycles. The molecule has 176 valence electrons. The molecule has 0 aliphatic rings. The molecular weight excluding hydrogens is 454 g/mol. The number of pyridine rings is 1. The Balaban J connectivity index is 1.65. The highest BCUT2D eigenvalue weighted by molar-refractivity contribution is 6.30.